The molecule has 6 nitrogen and oxygen atoms in total. The number of hydrogen-bond donors (Lipinski definition) is 2. The summed E-state index contributed by atoms with van der Waals surface area (Å²) in [6, 6.07) is 17.3. The fourth-order valence-corrected chi connectivity index (χ4v) is 2.55. The first-order valence-electron chi connectivity index (χ1n) is 9.18. The zero-order valence-corrected chi connectivity index (χ0v) is 16.4. The zero-order valence-electron chi connectivity index (χ0n) is 16.4. The van der Waals surface area contributed by atoms with Crippen LogP contribution >= 0.6 is 0 Å². The molecule has 0 aliphatic carbocycles. The van der Waals surface area contributed by atoms with E-state index in [9.17, 15) is 14.7 Å². The molecule has 0 aliphatic heterocycles. The number of rotatable bonds is 7. The molecule has 0 fully saturated rings. The summed E-state index contributed by atoms with van der Waals surface area (Å²) in [4.78, 5) is 24.3. The molecule has 2 atom stereocenters. The Kier molecular flexibility index (Phi) is 7.58. The van der Waals surface area contributed by atoms with Crippen molar-refractivity contribution in [2.24, 2.45) is 0 Å². The molecule has 0 aliphatic rings. The third kappa shape index (κ3) is 7.40. The Morgan fingerprint density at radius 3 is 2.14 bits per heavy atom. The second-order valence-electron chi connectivity index (χ2n) is 7.47. The number of esters is 1. The molecule has 2 aromatic rings. The third-order valence-corrected chi connectivity index (χ3v) is 3.86. The average molecular weight is 385 g/mol. The number of carbonyl (C=O) groups is 2. The molecular weight excluding hydrogens is 358 g/mol. The van der Waals surface area contributed by atoms with E-state index in [1.807, 2.05) is 30.3 Å². The van der Waals surface area contributed by atoms with Crippen LogP contribution in [0.1, 0.15) is 36.7 Å². The van der Waals surface area contributed by atoms with E-state index < -0.39 is 29.8 Å². The zero-order chi connectivity index (χ0) is 20.6. The van der Waals surface area contributed by atoms with Gasteiger partial charge in [-0.1, -0.05) is 48.5 Å². The molecule has 28 heavy (non-hydrogen) atoms. The molecule has 0 saturated heterocycles. The quantitative estimate of drug-likeness (QED) is 0.714. The molecule has 1 amide bonds. The lowest BCUT2D eigenvalue weighted by atomic mass is 10.0. The Bertz CT molecular complexity index is 756. The highest BCUT2D eigenvalue weighted by Gasteiger charge is 2.26. The number of hydrogen-bond acceptors (Lipinski definition) is 5. The highest BCUT2D eigenvalue weighted by Crippen LogP contribution is 2.11. The van der Waals surface area contributed by atoms with Crippen molar-refractivity contribution in [1.29, 1.82) is 0 Å². The van der Waals surface area contributed by atoms with Crippen molar-refractivity contribution in [3.05, 3.63) is 71.8 Å². The van der Waals surface area contributed by atoms with Gasteiger partial charge in [0.25, 0.3) is 0 Å². The SMILES string of the molecule is CC(C)(C)OC(=O)N[C@@H](Cc1ccccc1)[C@@H](O)COC(=O)c1ccccc1. The minimum Gasteiger partial charge on any atom is -0.459 e. The summed E-state index contributed by atoms with van der Waals surface area (Å²) in [6.45, 7) is 5.03. The fraction of sp³-hybridized carbons (Fsp3) is 0.364. The molecule has 0 spiro atoms. The Morgan fingerprint density at radius 1 is 1.00 bits per heavy atom. The van der Waals surface area contributed by atoms with E-state index >= 15 is 0 Å². The van der Waals surface area contributed by atoms with Crippen LogP contribution in [0.4, 0.5) is 4.79 Å². The maximum Gasteiger partial charge on any atom is 0.407 e. The molecular formula is C22H27NO5. The van der Waals surface area contributed by atoms with Crippen LogP contribution in [-0.2, 0) is 15.9 Å². The van der Waals surface area contributed by atoms with Gasteiger partial charge in [0.15, 0.2) is 0 Å². The largest absolute Gasteiger partial charge is 0.459 e. The van der Waals surface area contributed by atoms with Gasteiger partial charge in [-0.15, -0.1) is 0 Å². The molecule has 0 radical (unpaired) electrons. The van der Waals surface area contributed by atoms with Crippen LogP contribution in [-0.4, -0.2) is 41.5 Å². The second kappa shape index (κ2) is 9.90. The fourth-order valence-electron chi connectivity index (χ4n) is 2.55. The lowest BCUT2D eigenvalue weighted by molar-refractivity contribution is 0.0107. The van der Waals surface area contributed by atoms with Crippen molar-refractivity contribution in [3.63, 3.8) is 0 Å². The van der Waals surface area contributed by atoms with Gasteiger partial charge in [0, 0.05) is 0 Å². The molecule has 0 bridgehead atoms. The van der Waals surface area contributed by atoms with E-state index in [-0.39, 0.29) is 6.61 Å². The number of aliphatic hydroxyl groups excluding tert-OH is 1. The predicted molar refractivity (Wildman–Crippen MR) is 106 cm³/mol. The Labute approximate surface area is 165 Å². The summed E-state index contributed by atoms with van der Waals surface area (Å²) in [7, 11) is 0. The van der Waals surface area contributed by atoms with Crippen LogP contribution in [0.25, 0.3) is 0 Å². The predicted octanol–water partition coefficient (Wildman–Crippen LogP) is 3.34. The first-order chi connectivity index (χ1) is 13.2. The molecule has 6 heteroatoms. The Balaban J connectivity index is 2.02. The monoisotopic (exact) mass is 385 g/mol. The minimum atomic E-state index is -1.10. The highest BCUT2D eigenvalue weighted by molar-refractivity contribution is 5.89. The van der Waals surface area contributed by atoms with E-state index in [1.54, 1.807) is 51.1 Å². The van der Waals surface area contributed by atoms with Gasteiger partial charge in [-0.2, -0.15) is 0 Å². The van der Waals surface area contributed by atoms with Crippen LogP contribution in [0.15, 0.2) is 60.7 Å². The smallest absolute Gasteiger partial charge is 0.407 e. The number of carbonyl (C=O) groups excluding carboxylic acids is 2. The van der Waals surface area contributed by atoms with Gasteiger partial charge in [0.1, 0.15) is 18.3 Å². The van der Waals surface area contributed by atoms with Gasteiger partial charge >= 0.3 is 12.1 Å². The Morgan fingerprint density at radius 2 is 1.57 bits per heavy atom. The van der Waals surface area contributed by atoms with E-state index in [0.29, 0.717) is 12.0 Å². The first kappa shape index (κ1) is 21.4. The number of ether oxygens (including phenoxy) is 2. The summed E-state index contributed by atoms with van der Waals surface area (Å²) in [6.07, 6.45) is -1.37. The molecule has 2 N–H and O–H groups in total. The standard InChI is InChI=1S/C22H27NO5/c1-22(2,3)28-21(26)23-18(14-16-10-6-4-7-11-16)19(24)15-27-20(25)17-12-8-5-9-13-17/h4-13,18-19,24H,14-15H2,1-3H3,(H,23,26)/t18-,19-/m0/s1. The average Bonchev–Trinajstić information content (AvgIpc) is 2.65. The molecule has 0 heterocycles. The van der Waals surface area contributed by atoms with Crippen molar-refractivity contribution < 1.29 is 24.2 Å². The van der Waals surface area contributed by atoms with Crippen LogP contribution in [0, 0.1) is 0 Å². The lowest BCUT2D eigenvalue weighted by Gasteiger charge is -2.26. The van der Waals surface area contributed by atoms with E-state index in [2.05, 4.69) is 5.32 Å². The van der Waals surface area contributed by atoms with Crippen molar-refractivity contribution in [2.75, 3.05) is 6.61 Å². The topological polar surface area (TPSA) is 84.9 Å². The minimum absolute atomic E-state index is 0.249. The van der Waals surface area contributed by atoms with Crippen LogP contribution in [0.5, 0.6) is 0 Å². The van der Waals surface area contributed by atoms with E-state index in [0.717, 1.165) is 5.56 Å². The number of amides is 1. The van der Waals surface area contributed by atoms with Crippen molar-refractivity contribution in [3.8, 4) is 0 Å². The first-order valence-corrected chi connectivity index (χ1v) is 9.18. The number of nitrogens with one attached hydrogen (secondary N) is 1. The number of alkyl carbamates (subject to hydrolysis) is 1. The van der Waals surface area contributed by atoms with Gasteiger partial charge in [-0.3, -0.25) is 0 Å². The normalized spacial score (nSPS) is 13.3. The van der Waals surface area contributed by atoms with Gasteiger partial charge in [0.2, 0.25) is 0 Å². The molecule has 0 aromatic heterocycles. The van der Waals surface area contributed by atoms with Crippen LogP contribution in [0.3, 0.4) is 0 Å². The summed E-state index contributed by atoms with van der Waals surface area (Å²) >= 11 is 0. The summed E-state index contributed by atoms with van der Waals surface area (Å²) in [5, 5.41) is 13.2. The number of benzene rings is 2. The van der Waals surface area contributed by atoms with E-state index in [1.165, 1.54) is 0 Å². The number of aliphatic hydroxyl groups is 1. The van der Waals surface area contributed by atoms with E-state index in [4.69, 9.17) is 9.47 Å². The van der Waals surface area contributed by atoms with Crippen molar-refractivity contribution in [2.45, 2.75) is 44.9 Å². The summed E-state index contributed by atoms with van der Waals surface area (Å²) < 4.78 is 10.5. The molecule has 2 aromatic carbocycles. The molecule has 0 saturated carbocycles. The van der Waals surface area contributed by atoms with Crippen LogP contribution in [0.2, 0.25) is 0 Å². The summed E-state index contributed by atoms with van der Waals surface area (Å²) in [5.74, 6) is -0.532. The maximum absolute atomic E-state index is 12.2. The third-order valence-electron chi connectivity index (χ3n) is 3.86. The Hall–Kier alpha value is -2.86. The van der Waals surface area contributed by atoms with Gasteiger partial charge in [-0.25, -0.2) is 9.59 Å². The lowest BCUT2D eigenvalue weighted by Crippen LogP contribution is -2.48. The molecule has 0 unspecified atom stereocenters. The van der Waals surface area contributed by atoms with Crippen molar-refractivity contribution in [1.82, 2.24) is 5.32 Å². The second-order valence-corrected chi connectivity index (χ2v) is 7.47. The van der Waals surface area contributed by atoms with Crippen LogP contribution < -0.4 is 5.32 Å². The van der Waals surface area contributed by atoms with Gasteiger partial charge < -0.3 is 19.9 Å². The molecule has 150 valence electrons. The highest BCUT2D eigenvalue weighted by atomic mass is 16.6. The molecule has 2 rings (SSSR count). The maximum atomic E-state index is 12.2. The van der Waals surface area contributed by atoms with Gasteiger partial charge in [0.05, 0.1) is 11.6 Å². The summed E-state index contributed by atoms with van der Waals surface area (Å²) in [5.41, 5.74) is 0.665. The van der Waals surface area contributed by atoms with Crippen molar-refractivity contribution >= 4 is 12.1 Å². The van der Waals surface area contributed by atoms with Gasteiger partial charge in [-0.05, 0) is 44.9 Å².